The van der Waals surface area contributed by atoms with Crippen LogP contribution < -0.4 is 0 Å². The zero-order valence-corrected chi connectivity index (χ0v) is 10.7. The van der Waals surface area contributed by atoms with Crippen LogP contribution in [0.1, 0.15) is 33.6 Å². The van der Waals surface area contributed by atoms with Gasteiger partial charge >= 0.3 is 0 Å². The number of piperazine rings is 1. The third-order valence-electron chi connectivity index (χ3n) is 3.62. The van der Waals surface area contributed by atoms with E-state index in [1.54, 1.807) is 0 Å². The Morgan fingerprint density at radius 1 is 1.40 bits per heavy atom. The molecule has 0 aromatic rings. The number of rotatable bonds is 4. The van der Waals surface area contributed by atoms with Crippen LogP contribution >= 0.6 is 0 Å². The highest BCUT2D eigenvalue weighted by Gasteiger charge is 2.36. The summed E-state index contributed by atoms with van der Waals surface area (Å²) in [5.41, 5.74) is 0.180. The largest absolute Gasteiger partial charge is 0.395 e. The molecule has 1 N–H and O–H groups in total. The summed E-state index contributed by atoms with van der Waals surface area (Å²) in [7, 11) is 2.12. The van der Waals surface area contributed by atoms with Gasteiger partial charge in [0, 0.05) is 24.7 Å². The van der Waals surface area contributed by atoms with Gasteiger partial charge in [-0.1, -0.05) is 13.3 Å². The van der Waals surface area contributed by atoms with Crippen LogP contribution in [0.2, 0.25) is 0 Å². The second-order valence-corrected chi connectivity index (χ2v) is 5.35. The van der Waals surface area contributed by atoms with Crippen LogP contribution in [0.3, 0.4) is 0 Å². The maximum absolute atomic E-state index is 9.37. The Kier molecular flexibility index (Phi) is 4.56. The van der Waals surface area contributed by atoms with E-state index in [0.717, 1.165) is 13.1 Å². The molecule has 0 saturated carbocycles. The van der Waals surface area contributed by atoms with Crippen LogP contribution in [0.15, 0.2) is 0 Å². The summed E-state index contributed by atoms with van der Waals surface area (Å²) in [6.45, 7) is 10.3. The molecule has 1 heterocycles. The van der Waals surface area contributed by atoms with Crippen LogP contribution in [-0.2, 0) is 0 Å². The monoisotopic (exact) mass is 214 g/mol. The van der Waals surface area contributed by atoms with Gasteiger partial charge in [0.1, 0.15) is 0 Å². The van der Waals surface area contributed by atoms with Gasteiger partial charge in [-0.2, -0.15) is 0 Å². The van der Waals surface area contributed by atoms with E-state index < -0.39 is 0 Å². The minimum atomic E-state index is 0.180. The molecule has 90 valence electrons. The van der Waals surface area contributed by atoms with Crippen LogP contribution in [0.4, 0.5) is 0 Å². The Morgan fingerprint density at radius 2 is 2.07 bits per heavy atom. The lowest BCUT2D eigenvalue weighted by molar-refractivity contribution is -0.0269. The normalized spacial score (nSPS) is 28.2. The van der Waals surface area contributed by atoms with Crippen LogP contribution in [-0.4, -0.2) is 59.8 Å². The second kappa shape index (κ2) is 5.28. The van der Waals surface area contributed by atoms with Crippen molar-refractivity contribution in [3.63, 3.8) is 0 Å². The van der Waals surface area contributed by atoms with Crippen molar-refractivity contribution in [2.45, 2.75) is 45.2 Å². The molecule has 1 atom stereocenters. The van der Waals surface area contributed by atoms with E-state index in [2.05, 4.69) is 37.6 Å². The highest BCUT2D eigenvalue weighted by Crippen LogP contribution is 2.23. The fourth-order valence-corrected chi connectivity index (χ4v) is 2.37. The minimum Gasteiger partial charge on any atom is -0.395 e. The van der Waals surface area contributed by atoms with E-state index in [9.17, 15) is 5.11 Å². The quantitative estimate of drug-likeness (QED) is 0.761. The molecule has 3 nitrogen and oxygen atoms in total. The maximum atomic E-state index is 9.37. The zero-order chi connectivity index (χ0) is 11.5. The first-order valence-electron chi connectivity index (χ1n) is 6.07. The summed E-state index contributed by atoms with van der Waals surface area (Å²) >= 11 is 0. The first-order chi connectivity index (χ1) is 7.01. The Hall–Kier alpha value is -0.120. The van der Waals surface area contributed by atoms with Crippen LogP contribution in [0.5, 0.6) is 0 Å². The van der Waals surface area contributed by atoms with Gasteiger partial charge in [-0.3, -0.25) is 9.80 Å². The van der Waals surface area contributed by atoms with Gasteiger partial charge in [0.2, 0.25) is 0 Å². The lowest BCUT2D eigenvalue weighted by atomic mass is 9.95. The summed E-state index contributed by atoms with van der Waals surface area (Å²) < 4.78 is 0. The summed E-state index contributed by atoms with van der Waals surface area (Å²) in [5.74, 6) is 0. The Labute approximate surface area is 94.1 Å². The smallest absolute Gasteiger partial charge is 0.0599 e. The van der Waals surface area contributed by atoms with E-state index in [1.807, 2.05) is 0 Å². The van der Waals surface area contributed by atoms with Gasteiger partial charge in [-0.05, 0) is 33.9 Å². The average molecular weight is 214 g/mol. The summed E-state index contributed by atoms with van der Waals surface area (Å²) in [4.78, 5) is 4.81. The molecule has 15 heavy (non-hydrogen) atoms. The van der Waals surface area contributed by atoms with Crippen molar-refractivity contribution < 1.29 is 5.11 Å². The molecular formula is C12H26N2O. The number of aliphatic hydroxyl groups is 1. The fraction of sp³-hybridized carbons (Fsp3) is 1.00. The average Bonchev–Trinajstić information content (AvgIpc) is 2.19. The predicted octanol–water partition coefficient (Wildman–Crippen LogP) is 1.17. The van der Waals surface area contributed by atoms with Gasteiger partial charge in [-0.15, -0.1) is 0 Å². The highest BCUT2D eigenvalue weighted by atomic mass is 16.3. The topological polar surface area (TPSA) is 26.7 Å². The molecular weight excluding hydrogens is 188 g/mol. The Morgan fingerprint density at radius 3 is 2.60 bits per heavy atom. The van der Waals surface area contributed by atoms with Crippen molar-refractivity contribution in [3.05, 3.63) is 0 Å². The van der Waals surface area contributed by atoms with Gasteiger partial charge in [-0.25, -0.2) is 0 Å². The molecule has 0 amide bonds. The van der Waals surface area contributed by atoms with E-state index in [-0.39, 0.29) is 12.1 Å². The van der Waals surface area contributed by atoms with Gasteiger partial charge < -0.3 is 5.11 Å². The molecule has 3 heteroatoms. The molecule has 0 bridgehead atoms. The van der Waals surface area contributed by atoms with Gasteiger partial charge in [0.05, 0.1) is 6.61 Å². The summed E-state index contributed by atoms with van der Waals surface area (Å²) in [5, 5.41) is 9.37. The Bertz CT molecular complexity index is 194. The first-order valence-corrected chi connectivity index (χ1v) is 6.07. The third kappa shape index (κ3) is 3.16. The Balaban J connectivity index is 2.57. The molecule has 0 aromatic carbocycles. The van der Waals surface area contributed by atoms with Crippen molar-refractivity contribution in [1.82, 2.24) is 9.80 Å². The first kappa shape index (κ1) is 12.9. The molecule has 0 aromatic heterocycles. The SMILES string of the molecule is CCCCN1CC(CO)N(C)C(C)(C)C1. The summed E-state index contributed by atoms with van der Waals surface area (Å²) in [6.07, 6.45) is 2.51. The lowest BCUT2D eigenvalue weighted by Gasteiger charge is -2.49. The van der Waals surface area contributed by atoms with Crippen LogP contribution in [0.25, 0.3) is 0 Å². The van der Waals surface area contributed by atoms with Gasteiger partial charge in [0.15, 0.2) is 0 Å². The van der Waals surface area contributed by atoms with Crippen molar-refractivity contribution in [1.29, 1.82) is 0 Å². The number of nitrogens with zero attached hydrogens (tertiary/aromatic N) is 2. The minimum absolute atomic E-state index is 0.180. The molecule has 1 aliphatic rings. The molecule has 1 saturated heterocycles. The molecule has 1 unspecified atom stereocenters. The highest BCUT2D eigenvalue weighted by molar-refractivity contribution is 4.93. The van der Waals surface area contributed by atoms with E-state index in [1.165, 1.54) is 19.4 Å². The number of hydrogen-bond acceptors (Lipinski definition) is 3. The van der Waals surface area contributed by atoms with E-state index in [4.69, 9.17) is 0 Å². The molecule has 1 fully saturated rings. The second-order valence-electron chi connectivity index (χ2n) is 5.35. The van der Waals surface area contributed by atoms with Crippen molar-refractivity contribution in [3.8, 4) is 0 Å². The van der Waals surface area contributed by atoms with Gasteiger partial charge in [0.25, 0.3) is 0 Å². The lowest BCUT2D eigenvalue weighted by Crippen LogP contribution is -2.63. The predicted molar refractivity (Wildman–Crippen MR) is 64.1 cm³/mol. The van der Waals surface area contributed by atoms with Crippen molar-refractivity contribution in [2.24, 2.45) is 0 Å². The molecule has 0 radical (unpaired) electrons. The fourth-order valence-electron chi connectivity index (χ4n) is 2.37. The zero-order valence-electron chi connectivity index (χ0n) is 10.7. The third-order valence-corrected chi connectivity index (χ3v) is 3.62. The number of hydrogen-bond donors (Lipinski definition) is 1. The number of unbranched alkanes of at least 4 members (excludes halogenated alkanes) is 1. The van der Waals surface area contributed by atoms with Crippen molar-refractivity contribution >= 4 is 0 Å². The molecule has 1 aliphatic heterocycles. The number of aliphatic hydroxyl groups excluding tert-OH is 1. The standard InChI is InChI=1S/C12H26N2O/c1-5-6-7-14-8-11(9-15)13(4)12(2,3)10-14/h11,15H,5-10H2,1-4H3. The molecule has 1 rings (SSSR count). The molecule has 0 aliphatic carbocycles. The summed E-state index contributed by atoms with van der Waals surface area (Å²) in [6, 6.07) is 0.297. The van der Waals surface area contributed by atoms with E-state index in [0.29, 0.717) is 6.04 Å². The maximum Gasteiger partial charge on any atom is 0.0599 e. The van der Waals surface area contributed by atoms with Crippen LogP contribution in [0, 0.1) is 0 Å². The van der Waals surface area contributed by atoms with E-state index >= 15 is 0 Å². The van der Waals surface area contributed by atoms with Crippen molar-refractivity contribution in [2.75, 3.05) is 33.3 Å². The molecule has 0 spiro atoms. The number of likely N-dealkylation sites (N-methyl/N-ethyl adjacent to an activating group) is 1.